The average molecular weight is 259 g/mol. The molecule has 0 radical (unpaired) electrons. The molecule has 0 atom stereocenters. The van der Waals surface area contributed by atoms with Crippen molar-refractivity contribution in [3.8, 4) is 0 Å². The van der Waals surface area contributed by atoms with Gasteiger partial charge < -0.3 is 20.4 Å². The Bertz CT molecular complexity index is 672. The number of piperazine rings is 1. The molecular weight excluding hydrogens is 242 g/mol. The number of fused-ring (bicyclic) bond motifs is 1. The summed E-state index contributed by atoms with van der Waals surface area (Å²) in [7, 11) is 0. The fraction of sp³-hybridized carbons (Fsp3) is 0.357. The molecule has 1 saturated heterocycles. The maximum absolute atomic E-state index is 11.6. The molecule has 1 aromatic heterocycles. The van der Waals surface area contributed by atoms with Crippen molar-refractivity contribution in [1.82, 2.24) is 5.32 Å². The number of anilines is 2. The van der Waals surface area contributed by atoms with Gasteiger partial charge in [0.05, 0.1) is 5.69 Å². The van der Waals surface area contributed by atoms with Gasteiger partial charge in [-0.15, -0.1) is 0 Å². The predicted molar refractivity (Wildman–Crippen MR) is 76.7 cm³/mol. The van der Waals surface area contributed by atoms with E-state index in [1.807, 2.05) is 13.0 Å². The lowest BCUT2D eigenvalue weighted by Gasteiger charge is -2.30. The van der Waals surface area contributed by atoms with Crippen molar-refractivity contribution in [2.45, 2.75) is 6.92 Å². The Morgan fingerprint density at radius 1 is 1.26 bits per heavy atom. The van der Waals surface area contributed by atoms with Crippen LogP contribution in [0, 0.1) is 6.92 Å². The number of benzene rings is 1. The van der Waals surface area contributed by atoms with Crippen molar-refractivity contribution in [2.24, 2.45) is 0 Å². The topological polar surface area (TPSA) is 71.5 Å². The summed E-state index contributed by atoms with van der Waals surface area (Å²) in [6.45, 7) is 5.73. The van der Waals surface area contributed by atoms with Gasteiger partial charge in [0.1, 0.15) is 5.69 Å². The molecule has 2 heterocycles. The van der Waals surface area contributed by atoms with Crippen molar-refractivity contribution in [2.75, 3.05) is 36.8 Å². The minimum Gasteiger partial charge on any atom is -0.419 e. The summed E-state index contributed by atoms with van der Waals surface area (Å²) in [4.78, 5) is 13.9. The van der Waals surface area contributed by atoms with Crippen LogP contribution in [0.25, 0.3) is 11.0 Å². The fourth-order valence-electron chi connectivity index (χ4n) is 2.52. The van der Waals surface area contributed by atoms with Crippen LogP contribution in [0.3, 0.4) is 0 Å². The van der Waals surface area contributed by atoms with E-state index >= 15 is 0 Å². The Morgan fingerprint density at radius 3 is 2.74 bits per heavy atom. The van der Waals surface area contributed by atoms with E-state index in [4.69, 9.17) is 10.2 Å². The normalized spacial score (nSPS) is 15.9. The Kier molecular flexibility index (Phi) is 2.91. The van der Waals surface area contributed by atoms with Crippen LogP contribution in [0.15, 0.2) is 27.4 Å². The van der Waals surface area contributed by atoms with E-state index < -0.39 is 5.63 Å². The van der Waals surface area contributed by atoms with Gasteiger partial charge in [0.25, 0.3) is 0 Å². The summed E-state index contributed by atoms with van der Waals surface area (Å²) in [5, 5.41) is 4.19. The zero-order valence-corrected chi connectivity index (χ0v) is 10.9. The largest absolute Gasteiger partial charge is 0.419 e. The van der Waals surface area contributed by atoms with Crippen molar-refractivity contribution in [3.63, 3.8) is 0 Å². The van der Waals surface area contributed by atoms with Crippen molar-refractivity contribution in [1.29, 1.82) is 0 Å². The summed E-state index contributed by atoms with van der Waals surface area (Å²) < 4.78 is 5.39. The van der Waals surface area contributed by atoms with Gasteiger partial charge in [-0.2, -0.15) is 0 Å². The molecule has 3 N–H and O–H groups in total. The van der Waals surface area contributed by atoms with E-state index in [9.17, 15) is 4.79 Å². The molecule has 0 spiro atoms. The molecular formula is C14H17N3O2. The van der Waals surface area contributed by atoms with Crippen LogP contribution in [0.4, 0.5) is 11.4 Å². The van der Waals surface area contributed by atoms with Crippen LogP contribution in [0.1, 0.15) is 5.56 Å². The quantitative estimate of drug-likeness (QED) is 0.750. The van der Waals surface area contributed by atoms with Crippen molar-refractivity contribution < 1.29 is 4.42 Å². The monoisotopic (exact) mass is 259 g/mol. The first-order valence-electron chi connectivity index (χ1n) is 6.45. The SMILES string of the molecule is Cc1cc(N2CCNCC2)c2oc(=O)c(N)cc2c1. The molecule has 0 amide bonds. The van der Waals surface area contributed by atoms with Crippen molar-refractivity contribution >= 4 is 22.3 Å². The summed E-state index contributed by atoms with van der Waals surface area (Å²) in [6.07, 6.45) is 0. The van der Waals surface area contributed by atoms with Gasteiger partial charge in [-0.25, -0.2) is 4.79 Å². The Balaban J connectivity index is 2.21. The van der Waals surface area contributed by atoms with Crippen LogP contribution in [-0.4, -0.2) is 26.2 Å². The van der Waals surface area contributed by atoms with E-state index in [1.165, 1.54) is 0 Å². The zero-order valence-electron chi connectivity index (χ0n) is 10.9. The number of nitrogens with one attached hydrogen (secondary N) is 1. The van der Waals surface area contributed by atoms with E-state index in [1.54, 1.807) is 6.07 Å². The molecule has 5 heteroatoms. The van der Waals surface area contributed by atoms with Crippen LogP contribution < -0.4 is 21.6 Å². The molecule has 1 fully saturated rings. The average Bonchev–Trinajstić information content (AvgIpc) is 2.41. The first-order valence-corrected chi connectivity index (χ1v) is 6.45. The minimum absolute atomic E-state index is 0.157. The third-order valence-corrected chi connectivity index (χ3v) is 3.44. The third kappa shape index (κ3) is 2.17. The molecule has 0 aliphatic carbocycles. The molecule has 1 aliphatic heterocycles. The standard InChI is InChI=1S/C14H17N3O2/c1-9-6-10-8-11(15)14(18)19-13(10)12(7-9)17-4-2-16-3-5-17/h6-8,16H,2-5,15H2,1H3. The lowest BCUT2D eigenvalue weighted by atomic mass is 10.1. The molecule has 19 heavy (non-hydrogen) atoms. The second-order valence-corrected chi connectivity index (χ2v) is 4.93. The highest BCUT2D eigenvalue weighted by Gasteiger charge is 2.16. The predicted octanol–water partition coefficient (Wildman–Crippen LogP) is 1.09. The zero-order chi connectivity index (χ0) is 13.4. The molecule has 5 nitrogen and oxygen atoms in total. The molecule has 0 unspecified atom stereocenters. The van der Waals surface area contributed by atoms with Crippen LogP contribution >= 0.6 is 0 Å². The second kappa shape index (κ2) is 4.59. The molecule has 100 valence electrons. The molecule has 0 bridgehead atoms. The Hall–Kier alpha value is -2.01. The number of nitrogen functional groups attached to an aromatic ring is 1. The van der Waals surface area contributed by atoms with Gasteiger partial charge in [-0.3, -0.25) is 0 Å². The molecule has 3 rings (SSSR count). The lowest BCUT2D eigenvalue weighted by molar-refractivity contribution is 0.553. The number of rotatable bonds is 1. The first-order chi connectivity index (χ1) is 9.15. The second-order valence-electron chi connectivity index (χ2n) is 4.93. The van der Waals surface area contributed by atoms with E-state index in [0.29, 0.717) is 5.58 Å². The Morgan fingerprint density at radius 2 is 2.00 bits per heavy atom. The Labute approximate surface area is 111 Å². The van der Waals surface area contributed by atoms with Crippen LogP contribution in [0.2, 0.25) is 0 Å². The number of nitrogens with zero attached hydrogens (tertiary/aromatic N) is 1. The number of hydrogen-bond donors (Lipinski definition) is 2. The maximum Gasteiger partial charge on any atom is 0.359 e. The highest BCUT2D eigenvalue weighted by Crippen LogP contribution is 2.28. The number of hydrogen-bond acceptors (Lipinski definition) is 5. The third-order valence-electron chi connectivity index (χ3n) is 3.44. The summed E-state index contributed by atoms with van der Waals surface area (Å²) in [5.41, 5.74) is 8.07. The van der Waals surface area contributed by atoms with E-state index in [0.717, 1.165) is 42.8 Å². The van der Waals surface area contributed by atoms with Crippen LogP contribution in [0.5, 0.6) is 0 Å². The number of aryl methyl sites for hydroxylation is 1. The summed E-state index contributed by atoms with van der Waals surface area (Å²) >= 11 is 0. The minimum atomic E-state index is -0.465. The molecule has 1 aromatic carbocycles. The van der Waals surface area contributed by atoms with E-state index in [-0.39, 0.29) is 5.69 Å². The highest BCUT2D eigenvalue weighted by atomic mass is 16.4. The van der Waals surface area contributed by atoms with Gasteiger partial charge >= 0.3 is 5.63 Å². The van der Waals surface area contributed by atoms with Gasteiger partial charge in [0, 0.05) is 31.6 Å². The highest BCUT2D eigenvalue weighted by molar-refractivity contribution is 5.91. The fourth-order valence-corrected chi connectivity index (χ4v) is 2.52. The smallest absolute Gasteiger partial charge is 0.359 e. The maximum atomic E-state index is 11.6. The number of nitrogens with two attached hydrogens (primary N) is 1. The lowest BCUT2D eigenvalue weighted by Crippen LogP contribution is -2.43. The summed E-state index contributed by atoms with van der Waals surface area (Å²) in [5.74, 6) is 0. The van der Waals surface area contributed by atoms with Gasteiger partial charge in [0.15, 0.2) is 5.58 Å². The van der Waals surface area contributed by atoms with Gasteiger partial charge in [0.2, 0.25) is 0 Å². The van der Waals surface area contributed by atoms with E-state index in [2.05, 4.69) is 16.3 Å². The molecule has 2 aromatic rings. The van der Waals surface area contributed by atoms with Gasteiger partial charge in [-0.1, -0.05) is 0 Å². The molecule has 0 saturated carbocycles. The van der Waals surface area contributed by atoms with Gasteiger partial charge in [-0.05, 0) is 30.7 Å². The summed E-state index contributed by atoms with van der Waals surface area (Å²) in [6, 6.07) is 5.74. The molecule has 1 aliphatic rings. The first kappa shape index (κ1) is 12.0. The van der Waals surface area contributed by atoms with Crippen molar-refractivity contribution in [3.05, 3.63) is 34.2 Å². The van der Waals surface area contributed by atoms with Crippen LogP contribution in [-0.2, 0) is 0 Å².